The summed E-state index contributed by atoms with van der Waals surface area (Å²) in [5, 5.41) is 21.0. The fourth-order valence-corrected chi connectivity index (χ4v) is 2.48. The lowest BCUT2D eigenvalue weighted by Crippen LogP contribution is -2.15. The summed E-state index contributed by atoms with van der Waals surface area (Å²) in [4.78, 5) is 10.9. The van der Waals surface area contributed by atoms with Crippen molar-refractivity contribution in [3.8, 4) is 11.4 Å². The van der Waals surface area contributed by atoms with E-state index in [-0.39, 0.29) is 12.5 Å². The molecule has 1 unspecified atom stereocenters. The molecular weight excluding hydrogens is 348 g/mol. The van der Waals surface area contributed by atoms with Crippen LogP contribution in [0, 0.1) is 0 Å². The van der Waals surface area contributed by atoms with Gasteiger partial charge in [-0.25, -0.2) is 4.68 Å². The number of carboxylic acids is 1. The van der Waals surface area contributed by atoms with E-state index in [1.165, 1.54) is 4.68 Å². The van der Waals surface area contributed by atoms with Gasteiger partial charge in [0.2, 0.25) is 0 Å². The molecule has 1 aromatic heterocycles. The van der Waals surface area contributed by atoms with E-state index in [1.807, 2.05) is 19.1 Å². The second-order valence-electron chi connectivity index (χ2n) is 4.21. The Morgan fingerprint density at radius 1 is 1.55 bits per heavy atom. The molecule has 1 atom stereocenters. The number of aromatic nitrogens is 4. The van der Waals surface area contributed by atoms with Crippen molar-refractivity contribution in [3.05, 3.63) is 27.7 Å². The third-order valence-electron chi connectivity index (χ3n) is 2.91. The zero-order valence-electron chi connectivity index (χ0n) is 10.6. The number of halogens is 2. The van der Waals surface area contributed by atoms with Gasteiger partial charge in [-0.2, -0.15) is 0 Å². The lowest BCUT2D eigenvalue weighted by Gasteiger charge is -2.15. The minimum atomic E-state index is -0.890. The fourth-order valence-electron chi connectivity index (χ4n) is 1.90. The molecular formula is C12H12BrClN4O2. The maximum atomic E-state index is 10.9. The van der Waals surface area contributed by atoms with E-state index >= 15 is 0 Å². The Morgan fingerprint density at radius 3 is 2.95 bits per heavy atom. The van der Waals surface area contributed by atoms with Crippen LogP contribution in [0.3, 0.4) is 0 Å². The van der Waals surface area contributed by atoms with E-state index in [0.717, 1.165) is 4.47 Å². The SMILES string of the molecule is CCC(CC(=O)O)n1nnnc1-c1cccc(Br)c1Cl. The average molecular weight is 360 g/mol. The minimum Gasteiger partial charge on any atom is -0.481 e. The Hall–Kier alpha value is -1.47. The van der Waals surface area contributed by atoms with Crippen LogP contribution in [-0.4, -0.2) is 31.3 Å². The Morgan fingerprint density at radius 2 is 2.30 bits per heavy atom. The zero-order chi connectivity index (χ0) is 14.7. The maximum absolute atomic E-state index is 10.9. The summed E-state index contributed by atoms with van der Waals surface area (Å²) in [5.74, 6) is -0.428. The highest BCUT2D eigenvalue weighted by Gasteiger charge is 2.21. The number of rotatable bonds is 5. The maximum Gasteiger partial charge on any atom is 0.305 e. The molecule has 0 saturated carbocycles. The van der Waals surface area contributed by atoms with Crippen LogP contribution >= 0.6 is 27.5 Å². The van der Waals surface area contributed by atoms with E-state index in [2.05, 4.69) is 31.5 Å². The molecule has 0 aliphatic heterocycles. The topological polar surface area (TPSA) is 80.9 Å². The second kappa shape index (κ2) is 6.32. The van der Waals surface area contributed by atoms with Gasteiger partial charge in [0, 0.05) is 10.0 Å². The number of carboxylic acid groups (broad SMARTS) is 1. The highest BCUT2D eigenvalue weighted by molar-refractivity contribution is 9.10. The van der Waals surface area contributed by atoms with Gasteiger partial charge in [-0.05, 0) is 44.9 Å². The molecule has 20 heavy (non-hydrogen) atoms. The number of hydrogen-bond acceptors (Lipinski definition) is 4. The molecule has 6 nitrogen and oxygen atoms in total. The van der Waals surface area contributed by atoms with Gasteiger partial charge in [-0.15, -0.1) is 5.10 Å². The van der Waals surface area contributed by atoms with Gasteiger partial charge in [0.1, 0.15) is 0 Å². The lowest BCUT2D eigenvalue weighted by atomic mass is 10.1. The number of carbonyl (C=O) groups is 1. The summed E-state index contributed by atoms with van der Waals surface area (Å²) >= 11 is 9.58. The average Bonchev–Trinajstić information content (AvgIpc) is 2.88. The standard InChI is InChI=1S/C12H12BrClN4O2/c1-2-7(6-10(19)20)18-12(15-16-17-18)8-4-3-5-9(13)11(8)14/h3-5,7H,2,6H2,1H3,(H,19,20). The predicted octanol–water partition coefficient (Wildman–Crippen LogP) is 3.18. The van der Waals surface area contributed by atoms with Crippen LogP contribution < -0.4 is 0 Å². The number of tetrazole rings is 1. The number of benzene rings is 1. The Balaban J connectivity index is 2.47. The van der Waals surface area contributed by atoms with Crippen molar-refractivity contribution in [3.63, 3.8) is 0 Å². The monoisotopic (exact) mass is 358 g/mol. The van der Waals surface area contributed by atoms with Gasteiger partial charge in [0.25, 0.3) is 0 Å². The first kappa shape index (κ1) is 14.9. The third kappa shape index (κ3) is 2.99. The summed E-state index contributed by atoms with van der Waals surface area (Å²) in [6, 6.07) is 5.12. The van der Waals surface area contributed by atoms with Crippen LogP contribution in [0.2, 0.25) is 5.02 Å². The predicted molar refractivity (Wildman–Crippen MR) is 77.5 cm³/mol. The van der Waals surface area contributed by atoms with Gasteiger partial charge < -0.3 is 5.11 Å². The van der Waals surface area contributed by atoms with Gasteiger partial charge in [0.15, 0.2) is 5.82 Å². The van der Waals surface area contributed by atoms with Crippen molar-refractivity contribution in [1.82, 2.24) is 20.2 Å². The minimum absolute atomic E-state index is 0.0415. The molecule has 8 heteroatoms. The summed E-state index contributed by atoms with van der Waals surface area (Å²) in [7, 11) is 0. The lowest BCUT2D eigenvalue weighted by molar-refractivity contribution is -0.138. The first-order valence-corrected chi connectivity index (χ1v) is 7.15. The van der Waals surface area contributed by atoms with Gasteiger partial charge in [-0.3, -0.25) is 4.79 Å². The van der Waals surface area contributed by atoms with Crippen molar-refractivity contribution < 1.29 is 9.90 Å². The van der Waals surface area contributed by atoms with Crippen molar-refractivity contribution in [2.75, 3.05) is 0 Å². The summed E-state index contributed by atoms with van der Waals surface area (Å²) in [6.07, 6.45) is 0.566. The molecule has 0 saturated heterocycles. The van der Waals surface area contributed by atoms with E-state index in [1.54, 1.807) is 6.07 Å². The third-order valence-corrected chi connectivity index (χ3v) is 4.21. The first-order valence-electron chi connectivity index (χ1n) is 5.98. The molecule has 0 amide bonds. The van der Waals surface area contributed by atoms with E-state index < -0.39 is 5.97 Å². The molecule has 0 aliphatic rings. The Labute approximate surface area is 128 Å². The smallest absolute Gasteiger partial charge is 0.305 e. The molecule has 1 aromatic carbocycles. The quantitative estimate of drug-likeness (QED) is 0.886. The van der Waals surface area contributed by atoms with Crippen molar-refractivity contribution in [2.24, 2.45) is 0 Å². The molecule has 0 fully saturated rings. The van der Waals surface area contributed by atoms with Crippen LogP contribution in [0.15, 0.2) is 22.7 Å². The molecule has 1 N–H and O–H groups in total. The Bertz CT molecular complexity index is 632. The van der Waals surface area contributed by atoms with Crippen LogP contribution in [0.1, 0.15) is 25.8 Å². The molecule has 1 heterocycles. The van der Waals surface area contributed by atoms with Crippen molar-refractivity contribution in [2.45, 2.75) is 25.8 Å². The van der Waals surface area contributed by atoms with E-state index in [0.29, 0.717) is 22.8 Å². The van der Waals surface area contributed by atoms with Crippen molar-refractivity contribution in [1.29, 1.82) is 0 Å². The molecule has 0 radical (unpaired) electrons. The van der Waals surface area contributed by atoms with Gasteiger partial charge >= 0.3 is 5.97 Å². The first-order chi connectivity index (χ1) is 9.54. The van der Waals surface area contributed by atoms with Crippen LogP contribution in [0.4, 0.5) is 0 Å². The molecule has 2 rings (SSSR count). The largest absolute Gasteiger partial charge is 0.481 e. The van der Waals surface area contributed by atoms with E-state index in [9.17, 15) is 4.79 Å². The molecule has 0 aliphatic carbocycles. The van der Waals surface area contributed by atoms with Gasteiger partial charge in [0.05, 0.1) is 17.5 Å². The fraction of sp³-hybridized carbons (Fsp3) is 0.333. The molecule has 106 valence electrons. The second-order valence-corrected chi connectivity index (χ2v) is 5.44. The number of nitrogens with zero attached hydrogens (tertiary/aromatic N) is 4. The molecule has 0 spiro atoms. The normalized spacial score (nSPS) is 12.3. The number of hydrogen-bond donors (Lipinski definition) is 1. The Kier molecular flexibility index (Phi) is 4.72. The highest BCUT2D eigenvalue weighted by atomic mass is 79.9. The van der Waals surface area contributed by atoms with E-state index in [4.69, 9.17) is 16.7 Å². The summed E-state index contributed by atoms with van der Waals surface area (Å²) < 4.78 is 2.25. The van der Waals surface area contributed by atoms with Crippen molar-refractivity contribution >= 4 is 33.5 Å². The molecule has 2 aromatic rings. The highest BCUT2D eigenvalue weighted by Crippen LogP contribution is 2.33. The summed E-state index contributed by atoms with van der Waals surface area (Å²) in [5.41, 5.74) is 0.662. The van der Waals surface area contributed by atoms with Crippen LogP contribution in [0.5, 0.6) is 0 Å². The molecule has 0 bridgehead atoms. The number of aliphatic carboxylic acids is 1. The zero-order valence-corrected chi connectivity index (χ0v) is 13.0. The van der Waals surface area contributed by atoms with Crippen LogP contribution in [0.25, 0.3) is 11.4 Å². The van der Waals surface area contributed by atoms with Gasteiger partial charge in [-0.1, -0.05) is 24.6 Å². The van der Waals surface area contributed by atoms with Crippen LogP contribution in [-0.2, 0) is 4.79 Å². The summed E-state index contributed by atoms with van der Waals surface area (Å²) in [6.45, 7) is 1.89.